The Hall–Kier alpha value is -2.46. The minimum Gasteiger partial charge on any atom is -0.478 e. The molecule has 10 heteroatoms. The first-order valence-corrected chi connectivity index (χ1v) is 7.14. The van der Waals surface area contributed by atoms with Crippen molar-refractivity contribution in [3.8, 4) is 0 Å². The smallest absolute Gasteiger partial charge is 0.351 e. The van der Waals surface area contributed by atoms with Crippen LogP contribution in [0, 0.1) is 5.92 Å². The van der Waals surface area contributed by atoms with Gasteiger partial charge in [0.1, 0.15) is 6.73 Å². The van der Waals surface area contributed by atoms with Crippen LogP contribution < -0.4 is 16.6 Å². The van der Waals surface area contributed by atoms with E-state index >= 15 is 0 Å². The number of hydrogen-bond donors (Lipinski definition) is 4. The van der Waals surface area contributed by atoms with Gasteiger partial charge in [-0.3, -0.25) is 19.7 Å². The predicted molar refractivity (Wildman–Crippen MR) is 82.5 cm³/mol. The molecule has 0 aliphatic heterocycles. The van der Waals surface area contributed by atoms with Crippen LogP contribution in [0.3, 0.4) is 0 Å². The summed E-state index contributed by atoms with van der Waals surface area (Å²) < 4.78 is 7.07. The average molecular weight is 324 g/mol. The highest BCUT2D eigenvalue weighted by molar-refractivity contribution is 5.77. The summed E-state index contributed by atoms with van der Waals surface area (Å²) >= 11 is 0. The predicted octanol–water partition coefficient (Wildman–Crippen LogP) is -0.278. The number of rotatable bonds is 7. The number of H-pyrrole nitrogens is 1. The molecule has 0 amide bonds. The zero-order valence-electron chi connectivity index (χ0n) is 13.2. The van der Waals surface area contributed by atoms with E-state index in [9.17, 15) is 14.7 Å². The number of carboxylic acids is 1. The molecule has 0 saturated heterocycles. The number of aliphatic carboxylic acids is 1. The van der Waals surface area contributed by atoms with E-state index in [1.807, 2.05) is 0 Å². The van der Waals surface area contributed by atoms with E-state index in [0.29, 0.717) is 6.54 Å². The molecule has 126 valence electrons. The largest absolute Gasteiger partial charge is 0.478 e. The van der Waals surface area contributed by atoms with Crippen LogP contribution in [-0.2, 0) is 16.3 Å². The van der Waals surface area contributed by atoms with Crippen LogP contribution in [0.15, 0.2) is 11.1 Å². The fourth-order valence-corrected chi connectivity index (χ4v) is 2.31. The normalized spacial score (nSPS) is 14.3. The van der Waals surface area contributed by atoms with Gasteiger partial charge in [0.15, 0.2) is 11.2 Å². The summed E-state index contributed by atoms with van der Waals surface area (Å²) in [5, 5.41) is 12.4. The standard InChI is InChI=1S/C13H20N6O4/c1-4-16-13(7(2)3,11(21)22)23-6-19-5-15-8-9(19)17-12(14)18-10(8)20/h5,7,16H,4,6H2,1-3H3,(H,21,22)(H3,14,17,18,20)/t13-/m1/s1. The fraction of sp³-hybridized carbons (Fsp3) is 0.538. The third kappa shape index (κ3) is 3.03. The molecule has 0 radical (unpaired) electrons. The number of anilines is 1. The van der Waals surface area contributed by atoms with Gasteiger partial charge in [0.2, 0.25) is 11.7 Å². The Kier molecular flexibility index (Phi) is 4.66. The summed E-state index contributed by atoms with van der Waals surface area (Å²) in [4.78, 5) is 33.7. The van der Waals surface area contributed by atoms with Gasteiger partial charge in [0, 0.05) is 5.92 Å². The number of aromatic amines is 1. The number of aromatic nitrogens is 4. The van der Waals surface area contributed by atoms with Crippen LogP contribution in [0.1, 0.15) is 20.8 Å². The van der Waals surface area contributed by atoms with E-state index in [2.05, 4.69) is 20.3 Å². The molecule has 0 spiro atoms. The molecular weight excluding hydrogens is 304 g/mol. The van der Waals surface area contributed by atoms with Crippen molar-refractivity contribution in [2.45, 2.75) is 33.2 Å². The first-order chi connectivity index (χ1) is 10.8. The van der Waals surface area contributed by atoms with Gasteiger partial charge >= 0.3 is 5.97 Å². The number of nitrogens with two attached hydrogens (primary N) is 1. The van der Waals surface area contributed by atoms with Crippen molar-refractivity contribution in [2.24, 2.45) is 5.92 Å². The maximum atomic E-state index is 11.7. The number of fused-ring (bicyclic) bond motifs is 1. The third-order valence-electron chi connectivity index (χ3n) is 3.49. The van der Waals surface area contributed by atoms with Crippen LogP contribution in [0.25, 0.3) is 11.2 Å². The van der Waals surface area contributed by atoms with Crippen LogP contribution in [0.5, 0.6) is 0 Å². The van der Waals surface area contributed by atoms with Gasteiger partial charge in [0.05, 0.1) is 6.33 Å². The Bertz CT molecular complexity index is 767. The second-order valence-corrected chi connectivity index (χ2v) is 5.34. The lowest BCUT2D eigenvalue weighted by Crippen LogP contribution is -2.58. The number of nitrogens with one attached hydrogen (secondary N) is 2. The van der Waals surface area contributed by atoms with Crippen molar-refractivity contribution in [1.82, 2.24) is 24.8 Å². The van der Waals surface area contributed by atoms with Crippen LogP contribution in [0.4, 0.5) is 5.95 Å². The number of nitrogens with zero attached hydrogens (tertiary/aromatic N) is 3. The second-order valence-electron chi connectivity index (χ2n) is 5.34. The van der Waals surface area contributed by atoms with Crippen molar-refractivity contribution in [2.75, 3.05) is 12.3 Å². The molecule has 0 aliphatic rings. The van der Waals surface area contributed by atoms with E-state index in [0.717, 1.165) is 0 Å². The Balaban J connectivity index is 2.35. The number of imidazole rings is 1. The summed E-state index contributed by atoms with van der Waals surface area (Å²) in [5.41, 5.74) is 3.84. The first-order valence-electron chi connectivity index (χ1n) is 7.14. The molecule has 1 atom stereocenters. The Labute approximate surface area is 131 Å². The van der Waals surface area contributed by atoms with Crippen LogP contribution in [-0.4, -0.2) is 42.9 Å². The summed E-state index contributed by atoms with van der Waals surface area (Å²) in [6.45, 7) is 5.54. The number of hydrogen-bond acceptors (Lipinski definition) is 7. The Morgan fingerprint density at radius 1 is 1.61 bits per heavy atom. The summed E-state index contributed by atoms with van der Waals surface area (Å²) in [6, 6.07) is 0. The van der Waals surface area contributed by atoms with Gasteiger partial charge in [-0.2, -0.15) is 4.98 Å². The van der Waals surface area contributed by atoms with Crippen LogP contribution in [0.2, 0.25) is 0 Å². The topological polar surface area (TPSA) is 148 Å². The summed E-state index contributed by atoms with van der Waals surface area (Å²) in [6.07, 6.45) is 1.35. The van der Waals surface area contributed by atoms with Gasteiger partial charge in [-0.05, 0) is 6.54 Å². The van der Waals surface area contributed by atoms with E-state index < -0.39 is 17.3 Å². The molecule has 5 N–H and O–H groups in total. The number of likely N-dealkylation sites (N-methyl/N-ethyl adjacent to an activating group) is 1. The Morgan fingerprint density at radius 2 is 2.30 bits per heavy atom. The minimum absolute atomic E-state index is 0.0516. The molecule has 0 bridgehead atoms. The average Bonchev–Trinajstić information content (AvgIpc) is 2.86. The van der Waals surface area contributed by atoms with Crippen molar-refractivity contribution in [1.29, 1.82) is 0 Å². The summed E-state index contributed by atoms with van der Waals surface area (Å²) in [5.74, 6) is -1.51. The van der Waals surface area contributed by atoms with Crippen molar-refractivity contribution in [3.05, 3.63) is 16.7 Å². The lowest BCUT2D eigenvalue weighted by Gasteiger charge is -2.33. The first kappa shape index (κ1) is 16.9. The number of nitrogen functional groups attached to an aromatic ring is 1. The van der Waals surface area contributed by atoms with Crippen molar-refractivity contribution < 1.29 is 14.6 Å². The van der Waals surface area contributed by atoms with Gasteiger partial charge in [-0.1, -0.05) is 20.8 Å². The van der Waals surface area contributed by atoms with Crippen molar-refractivity contribution >= 4 is 23.1 Å². The molecule has 2 aromatic rings. The lowest BCUT2D eigenvalue weighted by atomic mass is 9.99. The number of carboxylic acid groups (broad SMARTS) is 1. The van der Waals surface area contributed by atoms with Crippen molar-refractivity contribution in [3.63, 3.8) is 0 Å². The molecule has 0 saturated carbocycles. The highest BCUT2D eigenvalue weighted by Gasteiger charge is 2.42. The van der Waals surface area contributed by atoms with Gasteiger partial charge in [-0.15, -0.1) is 0 Å². The maximum absolute atomic E-state index is 11.7. The molecule has 0 aliphatic carbocycles. The van der Waals surface area contributed by atoms with E-state index in [-0.39, 0.29) is 29.8 Å². The second kappa shape index (κ2) is 6.34. The quantitative estimate of drug-likeness (QED) is 0.508. The highest BCUT2D eigenvalue weighted by Crippen LogP contribution is 2.21. The van der Waals surface area contributed by atoms with E-state index in [1.54, 1.807) is 20.8 Å². The highest BCUT2D eigenvalue weighted by atomic mass is 16.5. The molecule has 23 heavy (non-hydrogen) atoms. The molecule has 2 aromatic heterocycles. The fourth-order valence-electron chi connectivity index (χ4n) is 2.31. The van der Waals surface area contributed by atoms with Gasteiger partial charge < -0.3 is 15.6 Å². The monoisotopic (exact) mass is 324 g/mol. The molecule has 0 unspecified atom stereocenters. The van der Waals surface area contributed by atoms with E-state index in [4.69, 9.17) is 10.5 Å². The maximum Gasteiger partial charge on any atom is 0.351 e. The third-order valence-corrected chi connectivity index (χ3v) is 3.49. The molecule has 2 heterocycles. The summed E-state index contributed by atoms with van der Waals surface area (Å²) in [7, 11) is 0. The number of ether oxygens (including phenoxy) is 1. The zero-order chi connectivity index (χ0) is 17.2. The SMILES string of the molecule is CCN[C@](OCn1cnc2c(=O)[nH]c(N)nc21)(C(=O)O)C(C)C. The molecular formula is C13H20N6O4. The Morgan fingerprint density at radius 3 is 2.87 bits per heavy atom. The molecule has 2 rings (SSSR count). The van der Waals surface area contributed by atoms with E-state index in [1.165, 1.54) is 10.9 Å². The van der Waals surface area contributed by atoms with Gasteiger partial charge in [0.25, 0.3) is 5.56 Å². The minimum atomic E-state index is -1.56. The molecule has 0 fully saturated rings. The van der Waals surface area contributed by atoms with Crippen LogP contribution >= 0.6 is 0 Å². The zero-order valence-corrected chi connectivity index (χ0v) is 13.2. The number of carbonyl (C=O) groups is 1. The molecule has 0 aromatic carbocycles. The van der Waals surface area contributed by atoms with Gasteiger partial charge in [-0.25, -0.2) is 9.78 Å². The lowest BCUT2D eigenvalue weighted by molar-refractivity contribution is -0.187. The molecule has 10 nitrogen and oxygen atoms in total.